The van der Waals surface area contributed by atoms with Crippen LogP contribution in [0.4, 0.5) is 0 Å². The Morgan fingerprint density at radius 3 is 2.79 bits per heavy atom. The highest BCUT2D eigenvalue weighted by atomic mass is 32.1. The van der Waals surface area contributed by atoms with E-state index in [0.29, 0.717) is 13.2 Å². The van der Waals surface area contributed by atoms with Crippen molar-refractivity contribution in [2.24, 2.45) is 5.73 Å². The number of aromatic nitrogens is 1. The first kappa shape index (κ1) is 12.4. The molecular weight excluding hydrogens is 260 g/mol. The maximum atomic E-state index is 5.84. The van der Waals surface area contributed by atoms with Crippen LogP contribution in [0.3, 0.4) is 0 Å². The second-order valence-corrected chi connectivity index (χ2v) is 5.46. The third-order valence-electron chi connectivity index (χ3n) is 2.95. The molecule has 1 atom stereocenters. The molecule has 19 heavy (non-hydrogen) atoms. The van der Waals surface area contributed by atoms with E-state index in [9.17, 15) is 0 Å². The van der Waals surface area contributed by atoms with Crippen LogP contribution in [0, 0.1) is 0 Å². The van der Waals surface area contributed by atoms with Crippen molar-refractivity contribution in [1.29, 1.82) is 0 Å². The van der Waals surface area contributed by atoms with Crippen molar-refractivity contribution in [3.63, 3.8) is 0 Å². The average molecular weight is 276 g/mol. The first-order valence-electron chi connectivity index (χ1n) is 6.35. The lowest BCUT2D eigenvalue weighted by atomic mass is 10.1. The van der Waals surface area contributed by atoms with E-state index in [2.05, 4.69) is 4.98 Å². The van der Waals surface area contributed by atoms with E-state index < -0.39 is 0 Å². The third-order valence-corrected chi connectivity index (χ3v) is 4.00. The fourth-order valence-electron chi connectivity index (χ4n) is 1.95. The van der Waals surface area contributed by atoms with E-state index in [0.717, 1.165) is 34.2 Å². The van der Waals surface area contributed by atoms with Gasteiger partial charge in [-0.15, -0.1) is 11.3 Å². The Bertz CT molecular complexity index is 581. The summed E-state index contributed by atoms with van der Waals surface area (Å²) in [6.07, 6.45) is 0.912. The molecule has 2 N–H and O–H groups in total. The van der Waals surface area contributed by atoms with Crippen LogP contribution in [-0.4, -0.2) is 18.2 Å². The number of fused-ring (bicyclic) bond motifs is 1. The van der Waals surface area contributed by atoms with Crippen molar-refractivity contribution < 1.29 is 9.47 Å². The Morgan fingerprint density at radius 2 is 2.05 bits per heavy atom. The molecule has 0 saturated carbocycles. The molecule has 2 aromatic rings. The number of nitrogens with two attached hydrogens (primary N) is 1. The van der Waals surface area contributed by atoms with E-state index in [-0.39, 0.29) is 6.04 Å². The summed E-state index contributed by atoms with van der Waals surface area (Å²) in [7, 11) is 0. The minimum atomic E-state index is -0.0286. The molecule has 0 fully saturated rings. The van der Waals surface area contributed by atoms with Gasteiger partial charge in [-0.25, -0.2) is 4.98 Å². The molecule has 1 unspecified atom stereocenters. The van der Waals surface area contributed by atoms with Crippen LogP contribution in [-0.2, 0) is 0 Å². The maximum absolute atomic E-state index is 5.84. The Hall–Kier alpha value is -1.59. The van der Waals surface area contributed by atoms with Gasteiger partial charge in [-0.05, 0) is 25.1 Å². The van der Waals surface area contributed by atoms with Crippen LogP contribution < -0.4 is 15.2 Å². The summed E-state index contributed by atoms with van der Waals surface area (Å²) in [5.74, 6) is 1.61. The van der Waals surface area contributed by atoms with E-state index in [1.807, 2.05) is 30.5 Å². The predicted octanol–water partition coefficient (Wildman–Crippen LogP) is 2.99. The summed E-state index contributed by atoms with van der Waals surface area (Å²) in [6, 6.07) is 5.91. The van der Waals surface area contributed by atoms with Gasteiger partial charge in [0.05, 0.1) is 24.9 Å². The molecule has 0 aliphatic carbocycles. The molecule has 1 aromatic carbocycles. The highest BCUT2D eigenvalue weighted by Gasteiger charge is 2.13. The lowest BCUT2D eigenvalue weighted by Crippen LogP contribution is -2.03. The van der Waals surface area contributed by atoms with Gasteiger partial charge >= 0.3 is 0 Å². The van der Waals surface area contributed by atoms with Gasteiger partial charge in [-0.1, -0.05) is 0 Å². The summed E-state index contributed by atoms with van der Waals surface area (Å²) < 4.78 is 11.3. The van der Waals surface area contributed by atoms with Crippen LogP contribution in [0.15, 0.2) is 23.6 Å². The van der Waals surface area contributed by atoms with E-state index in [4.69, 9.17) is 15.2 Å². The number of hydrogen-bond donors (Lipinski definition) is 1. The smallest absolute Gasteiger partial charge is 0.161 e. The maximum Gasteiger partial charge on any atom is 0.161 e. The fraction of sp³-hybridized carbons (Fsp3) is 0.357. The standard InChI is InChI=1S/C14H16N2O2S/c1-9(15)14-16-11(8-19-14)10-3-4-12-13(7-10)18-6-2-5-17-12/h3-4,7-9H,2,5-6,15H2,1H3. The molecule has 1 aliphatic rings. The van der Waals surface area contributed by atoms with Crippen LogP contribution in [0.25, 0.3) is 11.3 Å². The molecule has 100 valence electrons. The zero-order chi connectivity index (χ0) is 13.2. The van der Waals surface area contributed by atoms with Crippen LogP contribution in [0.2, 0.25) is 0 Å². The first-order valence-corrected chi connectivity index (χ1v) is 7.23. The molecule has 1 aromatic heterocycles. The number of ether oxygens (including phenoxy) is 2. The van der Waals surface area contributed by atoms with E-state index in [1.54, 1.807) is 11.3 Å². The fourth-order valence-corrected chi connectivity index (χ4v) is 2.74. The minimum absolute atomic E-state index is 0.0286. The molecule has 1 aliphatic heterocycles. The lowest BCUT2D eigenvalue weighted by Gasteiger charge is -2.08. The van der Waals surface area contributed by atoms with Crippen molar-refractivity contribution >= 4 is 11.3 Å². The van der Waals surface area contributed by atoms with Crippen molar-refractivity contribution in [1.82, 2.24) is 4.98 Å². The Morgan fingerprint density at radius 1 is 1.26 bits per heavy atom. The van der Waals surface area contributed by atoms with Gasteiger partial charge in [0.2, 0.25) is 0 Å². The Kier molecular flexibility index (Phi) is 3.40. The summed E-state index contributed by atoms with van der Waals surface area (Å²) in [4.78, 5) is 4.55. The predicted molar refractivity (Wildman–Crippen MR) is 75.8 cm³/mol. The second-order valence-electron chi connectivity index (χ2n) is 4.57. The summed E-state index contributed by atoms with van der Waals surface area (Å²) >= 11 is 1.59. The van der Waals surface area contributed by atoms with E-state index in [1.165, 1.54) is 0 Å². The first-order chi connectivity index (χ1) is 9.24. The van der Waals surface area contributed by atoms with Gasteiger partial charge in [0.1, 0.15) is 5.01 Å². The van der Waals surface area contributed by atoms with Gasteiger partial charge in [-0.3, -0.25) is 0 Å². The molecule has 3 rings (SSSR count). The second kappa shape index (κ2) is 5.19. The number of hydrogen-bond acceptors (Lipinski definition) is 5. The molecule has 0 saturated heterocycles. The number of thiazole rings is 1. The zero-order valence-corrected chi connectivity index (χ0v) is 11.6. The van der Waals surface area contributed by atoms with Gasteiger partial charge < -0.3 is 15.2 Å². The topological polar surface area (TPSA) is 57.4 Å². The van der Waals surface area contributed by atoms with Crippen molar-refractivity contribution in [2.45, 2.75) is 19.4 Å². The number of benzene rings is 1. The van der Waals surface area contributed by atoms with Crippen LogP contribution >= 0.6 is 11.3 Å². The van der Waals surface area contributed by atoms with E-state index >= 15 is 0 Å². The van der Waals surface area contributed by atoms with Gasteiger partial charge in [0.25, 0.3) is 0 Å². The molecule has 4 nitrogen and oxygen atoms in total. The van der Waals surface area contributed by atoms with Crippen LogP contribution in [0.5, 0.6) is 11.5 Å². The van der Waals surface area contributed by atoms with Crippen molar-refractivity contribution in [3.8, 4) is 22.8 Å². The lowest BCUT2D eigenvalue weighted by molar-refractivity contribution is 0.297. The Balaban J connectivity index is 1.94. The zero-order valence-electron chi connectivity index (χ0n) is 10.8. The van der Waals surface area contributed by atoms with Crippen molar-refractivity contribution in [3.05, 3.63) is 28.6 Å². The molecule has 0 spiro atoms. The quantitative estimate of drug-likeness (QED) is 0.916. The summed E-state index contributed by atoms with van der Waals surface area (Å²) in [6.45, 7) is 3.34. The van der Waals surface area contributed by atoms with Gasteiger partial charge in [0.15, 0.2) is 11.5 Å². The summed E-state index contributed by atoms with van der Waals surface area (Å²) in [5.41, 5.74) is 7.81. The van der Waals surface area contributed by atoms with Gasteiger partial charge in [-0.2, -0.15) is 0 Å². The monoisotopic (exact) mass is 276 g/mol. The molecule has 5 heteroatoms. The normalized spacial score (nSPS) is 15.9. The van der Waals surface area contributed by atoms with Crippen LogP contribution in [0.1, 0.15) is 24.4 Å². The van der Waals surface area contributed by atoms with Gasteiger partial charge in [0, 0.05) is 17.4 Å². The Labute approximate surface area is 116 Å². The molecule has 0 amide bonds. The highest BCUT2D eigenvalue weighted by molar-refractivity contribution is 7.10. The average Bonchev–Trinajstić information content (AvgIpc) is 2.78. The largest absolute Gasteiger partial charge is 0.490 e. The van der Waals surface area contributed by atoms with Crippen molar-refractivity contribution in [2.75, 3.05) is 13.2 Å². The highest BCUT2D eigenvalue weighted by Crippen LogP contribution is 2.34. The minimum Gasteiger partial charge on any atom is -0.490 e. The number of nitrogens with zero attached hydrogens (tertiary/aromatic N) is 1. The molecule has 2 heterocycles. The molecule has 0 radical (unpaired) electrons. The molecular formula is C14H16N2O2S. The summed E-state index contributed by atoms with van der Waals surface area (Å²) in [5, 5.41) is 2.97. The molecule has 0 bridgehead atoms. The third kappa shape index (κ3) is 2.57. The SMILES string of the molecule is CC(N)c1nc(-c2ccc3c(c2)OCCCO3)cs1. The number of rotatable bonds is 2.